The number of benzene rings is 1. The first-order valence-electron chi connectivity index (χ1n) is 13.8. The summed E-state index contributed by atoms with van der Waals surface area (Å²) in [6.45, 7) is 10.4. The third-order valence-corrected chi connectivity index (χ3v) is 7.03. The molecule has 3 atom stereocenters. The number of ether oxygens (including phenoxy) is 5. The highest BCUT2D eigenvalue weighted by Gasteiger charge is 2.34. The van der Waals surface area contributed by atoms with Crippen LogP contribution in [0.1, 0.15) is 71.3 Å². The van der Waals surface area contributed by atoms with Crippen LogP contribution in [0, 0.1) is 11.8 Å². The van der Waals surface area contributed by atoms with Gasteiger partial charge in [0.25, 0.3) is 5.91 Å². The van der Waals surface area contributed by atoms with Gasteiger partial charge in [-0.25, -0.2) is 9.78 Å². The van der Waals surface area contributed by atoms with Crippen LogP contribution in [0.3, 0.4) is 0 Å². The monoisotopic (exact) mass is 626 g/mol. The van der Waals surface area contributed by atoms with Crippen molar-refractivity contribution in [3.63, 3.8) is 0 Å². The second-order valence-corrected chi connectivity index (χ2v) is 11.0. The number of hydrogen-bond acceptors (Lipinski definition) is 9. The Hall–Kier alpha value is -3.24. The normalized spacial score (nSPS) is 13.2. The Morgan fingerprint density at radius 2 is 1.71 bits per heavy atom. The van der Waals surface area contributed by atoms with Crippen molar-refractivity contribution in [3.05, 3.63) is 46.2 Å². The number of aromatic nitrogens is 1. The molecule has 1 heterocycles. The summed E-state index contributed by atoms with van der Waals surface area (Å²) < 4.78 is 27.8. The lowest BCUT2D eigenvalue weighted by Crippen LogP contribution is -2.47. The van der Waals surface area contributed by atoms with Crippen molar-refractivity contribution >= 4 is 41.0 Å². The van der Waals surface area contributed by atoms with Crippen LogP contribution in [0.4, 0.5) is 0 Å². The van der Waals surface area contributed by atoms with Crippen LogP contribution < -0.4 is 19.5 Å². The molecule has 0 aliphatic heterocycles. The average molecular weight is 628 g/mol. The number of nitrogens with one attached hydrogen (secondary N) is 1. The van der Waals surface area contributed by atoms with E-state index in [1.54, 1.807) is 25.1 Å². The number of esters is 2. The van der Waals surface area contributed by atoms with Crippen molar-refractivity contribution in [1.29, 1.82) is 0 Å². The lowest BCUT2D eigenvalue weighted by Gasteiger charge is -2.32. The standard InChI is InChI=1S/C30H40Cl2N2O8/c1-8-20(9-2)27(42-24-11-10-21(31)15-22(24)32)18(5)41-30(37)23(14-17(3)4)34-29(36)26-28(40-16-39-19(6)35)25(38-7)12-13-33-26/h10-13,15,17-18,20,23,27H,8-9,14,16H2,1-7H3,(H,34,36)/t18-,23-,27+/m0/s1. The summed E-state index contributed by atoms with van der Waals surface area (Å²) in [5.74, 6) is -1.20. The molecule has 232 valence electrons. The summed E-state index contributed by atoms with van der Waals surface area (Å²) in [4.78, 5) is 42.2. The molecule has 1 N–H and O–H groups in total. The molecular weight excluding hydrogens is 587 g/mol. The van der Waals surface area contributed by atoms with Gasteiger partial charge in [0.1, 0.15) is 24.0 Å². The van der Waals surface area contributed by atoms with Gasteiger partial charge in [0.2, 0.25) is 6.79 Å². The van der Waals surface area contributed by atoms with Crippen molar-refractivity contribution in [2.24, 2.45) is 11.8 Å². The van der Waals surface area contributed by atoms with Gasteiger partial charge in [0.15, 0.2) is 17.2 Å². The minimum absolute atomic E-state index is 0.0363. The van der Waals surface area contributed by atoms with E-state index in [9.17, 15) is 14.4 Å². The molecule has 42 heavy (non-hydrogen) atoms. The van der Waals surface area contributed by atoms with Gasteiger partial charge in [-0.2, -0.15) is 0 Å². The lowest BCUT2D eigenvalue weighted by molar-refractivity contribution is -0.157. The summed E-state index contributed by atoms with van der Waals surface area (Å²) in [6, 6.07) is 5.43. The third kappa shape index (κ3) is 10.2. The van der Waals surface area contributed by atoms with Gasteiger partial charge in [0.05, 0.1) is 12.1 Å². The molecule has 0 spiro atoms. The molecule has 0 aliphatic rings. The first kappa shape index (κ1) is 35.0. The molecule has 2 aromatic rings. The predicted octanol–water partition coefficient (Wildman–Crippen LogP) is 6.26. The third-order valence-electron chi connectivity index (χ3n) is 6.50. The minimum Gasteiger partial charge on any atom is -0.493 e. The maximum atomic E-state index is 13.5. The number of pyridine rings is 1. The molecular formula is C30H40Cl2N2O8. The Morgan fingerprint density at radius 3 is 2.29 bits per heavy atom. The number of amides is 1. The van der Waals surface area contributed by atoms with E-state index >= 15 is 0 Å². The quantitative estimate of drug-likeness (QED) is 0.170. The zero-order valence-corrected chi connectivity index (χ0v) is 26.6. The molecule has 1 amide bonds. The summed E-state index contributed by atoms with van der Waals surface area (Å²) in [6.07, 6.45) is 2.02. The summed E-state index contributed by atoms with van der Waals surface area (Å²) in [5, 5.41) is 3.55. The van der Waals surface area contributed by atoms with E-state index in [1.165, 1.54) is 26.3 Å². The maximum Gasteiger partial charge on any atom is 0.329 e. The number of halogens is 2. The van der Waals surface area contributed by atoms with E-state index in [0.717, 1.165) is 12.8 Å². The Bertz CT molecular complexity index is 1210. The van der Waals surface area contributed by atoms with Gasteiger partial charge in [-0.1, -0.05) is 50.9 Å². The number of carbonyl (C=O) groups is 3. The van der Waals surface area contributed by atoms with E-state index in [2.05, 4.69) is 10.3 Å². The highest BCUT2D eigenvalue weighted by Crippen LogP contribution is 2.32. The molecule has 0 unspecified atom stereocenters. The molecule has 1 aromatic carbocycles. The average Bonchev–Trinajstić information content (AvgIpc) is 2.93. The molecule has 0 bridgehead atoms. The largest absolute Gasteiger partial charge is 0.493 e. The molecule has 0 aliphatic carbocycles. The van der Waals surface area contributed by atoms with E-state index in [4.69, 9.17) is 46.9 Å². The molecule has 0 fully saturated rings. The van der Waals surface area contributed by atoms with Gasteiger partial charge in [0, 0.05) is 24.2 Å². The van der Waals surface area contributed by atoms with E-state index < -0.39 is 42.9 Å². The van der Waals surface area contributed by atoms with Crippen molar-refractivity contribution in [3.8, 4) is 17.2 Å². The molecule has 1 aromatic heterocycles. The first-order chi connectivity index (χ1) is 19.9. The molecule has 0 radical (unpaired) electrons. The van der Waals surface area contributed by atoms with Crippen molar-refractivity contribution < 1.29 is 38.1 Å². The van der Waals surface area contributed by atoms with Crippen molar-refractivity contribution in [1.82, 2.24) is 10.3 Å². The lowest BCUT2D eigenvalue weighted by atomic mass is 9.93. The van der Waals surface area contributed by atoms with E-state index in [0.29, 0.717) is 22.2 Å². The summed E-state index contributed by atoms with van der Waals surface area (Å²) >= 11 is 12.4. The second-order valence-electron chi connectivity index (χ2n) is 10.1. The minimum atomic E-state index is -1.00. The van der Waals surface area contributed by atoms with E-state index in [1.807, 2.05) is 27.7 Å². The van der Waals surface area contributed by atoms with Gasteiger partial charge in [-0.3, -0.25) is 9.59 Å². The van der Waals surface area contributed by atoms with Gasteiger partial charge in [-0.05, 0) is 56.2 Å². The van der Waals surface area contributed by atoms with Crippen molar-refractivity contribution in [2.45, 2.75) is 79.1 Å². The highest BCUT2D eigenvalue weighted by atomic mass is 35.5. The topological polar surface area (TPSA) is 122 Å². The van der Waals surface area contributed by atoms with Crippen molar-refractivity contribution in [2.75, 3.05) is 13.9 Å². The molecule has 10 nitrogen and oxygen atoms in total. The van der Waals surface area contributed by atoms with Crippen LogP contribution in [0.25, 0.3) is 0 Å². The van der Waals surface area contributed by atoms with Crippen LogP contribution >= 0.6 is 23.2 Å². The fourth-order valence-electron chi connectivity index (χ4n) is 4.35. The van der Waals surface area contributed by atoms with Crippen LogP contribution in [0.15, 0.2) is 30.5 Å². The Morgan fingerprint density at radius 1 is 1.02 bits per heavy atom. The van der Waals surface area contributed by atoms with Crippen LogP contribution in [-0.2, 0) is 19.1 Å². The fraction of sp³-hybridized carbons (Fsp3) is 0.533. The van der Waals surface area contributed by atoms with Crippen LogP contribution in [-0.4, -0.2) is 55.0 Å². The Labute approximate surface area is 257 Å². The fourth-order valence-corrected chi connectivity index (χ4v) is 4.81. The molecule has 0 saturated carbocycles. The maximum absolute atomic E-state index is 13.5. The second kappa shape index (κ2) is 17.0. The zero-order valence-electron chi connectivity index (χ0n) is 25.1. The number of nitrogens with zero attached hydrogens (tertiary/aromatic N) is 1. The summed E-state index contributed by atoms with van der Waals surface area (Å²) in [7, 11) is 1.39. The first-order valence-corrected chi connectivity index (χ1v) is 14.6. The molecule has 12 heteroatoms. The number of methoxy groups -OCH3 is 1. The van der Waals surface area contributed by atoms with Gasteiger partial charge >= 0.3 is 11.9 Å². The number of carbonyl (C=O) groups excluding carboxylic acids is 3. The number of rotatable bonds is 16. The van der Waals surface area contributed by atoms with Crippen LogP contribution in [0.5, 0.6) is 17.2 Å². The van der Waals surface area contributed by atoms with E-state index in [-0.39, 0.29) is 29.0 Å². The smallest absolute Gasteiger partial charge is 0.329 e. The Balaban J connectivity index is 2.29. The van der Waals surface area contributed by atoms with Gasteiger partial charge in [-0.15, -0.1) is 0 Å². The summed E-state index contributed by atoms with van der Waals surface area (Å²) in [5.41, 5.74) is -0.147. The Kier molecular flexibility index (Phi) is 14.2. The SMILES string of the molecule is CCC(CC)[C@H](Oc1ccc(Cl)cc1Cl)[C@H](C)OC(=O)[C@H](CC(C)C)NC(=O)c1nccc(OC)c1OCOC(C)=O. The molecule has 2 rings (SSSR count). The molecule has 0 saturated heterocycles. The van der Waals surface area contributed by atoms with Gasteiger partial charge < -0.3 is 29.0 Å². The zero-order chi connectivity index (χ0) is 31.4. The number of hydrogen-bond donors (Lipinski definition) is 1. The van der Waals surface area contributed by atoms with Crippen LogP contribution in [0.2, 0.25) is 10.0 Å². The predicted molar refractivity (Wildman–Crippen MR) is 159 cm³/mol. The highest BCUT2D eigenvalue weighted by molar-refractivity contribution is 6.35.